The van der Waals surface area contributed by atoms with E-state index in [2.05, 4.69) is 15.2 Å². The summed E-state index contributed by atoms with van der Waals surface area (Å²) in [6.45, 7) is 1.39. The van der Waals surface area contributed by atoms with Crippen LogP contribution in [0.1, 0.15) is 22.3 Å². The van der Waals surface area contributed by atoms with E-state index in [-0.39, 0.29) is 17.5 Å². The van der Waals surface area contributed by atoms with Crippen LogP contribution in [0.2, 0.25) is 5.02 Å². The average molecular weight is 345 g/mol. The molecule has 2 aromatic rings. The molecule has 5 nitrogen and oxygen atoms in total. The molecule has 1 fully saturated rings. The van der Waals surface area contributed by atoms with Crippen molar-refractivity contribution < 1.29 is 9.18 Å². The number of hydrogen-bond acceptors (Lipinski definition) is 4. The first kappa shape index (κ1) is 16.2. The third kappa shape index (κ3) is 3.47. The molecule has 1 aliphatic heterocycles. The molecule has 1 aromatic heterocycles. The topological polar surface area (TPSA) is 69.0 Å². The van der Waals surface area contributed by atoms with Gasteiger partial charge in [0.1, 0.15) is 6.07 Å². The summed E-state index contributed by atoms with van der Waals surface area (Å²) in [7, 11) is 0. The Morgan fingerprint density at radius 1 is 1.42 bits per heavy atom. The maximum atomic E-state index is 13.1. The van der Waals surface area contributed by atoms with Crippen LogP contribution >= 0.6 is 11.6 Å². The van der Waals surface area contributed by atoms with Crippen molar-refractivity contribution in [3.8, 4) is 6.07 Å². The predicted molar refractivity (Wildman–Crippen MR) is 88.4 cm³/mol. The maximum Gasteiger partial charge on any atom is 0.251 e. The van der Waals surface area contributed by atoms with Crippen molar-refractivity contribution in [2.24, 2.45) is 0 Å². The summed E-state index contributed by atoms with van der Waals surface area (Å²) in [5, 5.41) is 12.2. The van der Waals surface area contributed by atoms with E-state index in [9.17, 15) is 9.18 Å². The first-order chi connectivity index (χ1) is 11.6. The number of anilines is 1. The Bertz CT molecular complexity index is 820. The molecule has 1 aromatic carbocycles. The van der Waals surface area contributed by atoms with Crippen molar-refractivity contribution in [1.82, 2.24) is 10.3 Å². The molecule has 0 saturated carbocycles. The minimum absolute atomic E-state index is 0.0388. The molecule has 7 heteroatoms. The van der Waals surface area contributed by atoms with Gasteiger partial charge in [0.05, 0.1) is 10.6 Å². The first-order valence-electron chi connectivity index (χ1n) is 7.44. The van der Waals surface area contributed by atoms with Crippen LogP contribution in [0.3, 0.4) is 0 Å². The van der Waals surface area contributed by atoms with Crippen molar-refractivity contribution in [3.63, 3.8) is 0 Å². The zero-order valence-electron chi connectivity index (χ0n) is 12.7. The molecule has 1 N–H and O–H groups in total. The molecule has 0 aliphatic carbocycles. The van der Waals surface area contributed by atoms with E-state index in [1.807, 2.05) is 12.1 Å². The van der Waals surface area contributed by atoms with Crippen LogP contribution in [-0.4, -0.2) is 30.0 Å². The number of hydrogen-bond donors (Lipinski definition) is 1. The summed E-state index contributed by atoms with van der Waals surface area (Å²) in [5.74, 6) is -0.996. The van der Waals surface area contributed by atoms with Gasteiger partial charge in [-0.15, -0.1) is 0 Å². The lowest BCUT2D eigenvalue weighted by atomic mass is 10.2. The zero-order valence-corrected chi connectivity index (χ0v) is 13.4. The highest BCUT2D eigenvalue weighted by Gasteiger charge is 2.25. The molecule has 0 radical (unpaired) electrons. The normalized spacial score (nSPS) is 16.7. The number of amides is 1. The van der Waals surface area contributed by atoms with Gasteiger partial charge in [0.15, 0.2) is 0 Å². The number of nitrogens with one attached hydrogen (secondary N) is 1. The second-order valence-electron chi connectivity index (χ2n) is 5.55. The molecule has 1 aliphatic rings. The van der Waals surface area contributed by atoms with E-state index in [1.165, 1.54) is 12.3 Å². The van der Waals surface area contributed by atoms with Crippen molar-refractivity contribution in [1.29, 1.82) is 5.26 Å². The number of pyridine rings is 1. The summed E-state index contributed by atoms with van der Waals surface area (Å²) >= 11 is 6.06. The molecular formula is C17H14ClFN4O. The van der Waals surface area contributed by atoms with Crippen LogP contribution in [0, 0.1) is 17.3 Å². The monoisotopic (exact) mass is 344 g/mol. The average Bonchev–Trinajstić information content (AvgIpc) is 3.03. The summed E-state index contributed by atoms with van der Waals surface area (Å²) in [4.78, 5) is 17.7. The molecule has 0 unspecified atom stereocenters. The number of rotatable bonds is 3. The first-order valence-corrected chi connectivity index (χ1v) is 7.81. The SMILES string of the molecule is N#Cc1ccc(N2CC[C@@H](NC(=O)c3ccnc(F)c3)C2)cc1Cl. The largest absolute Gasteiger partial charge is 0.369 e. The van der Waals surface area contributed by atoms with Gasteiger partial charge in [-0.1, -0.05) is 11.6 Å². The second-order valence-corrected chi connectivity index (χ2v) is 5.96. The number of carbonyl (C=O) groups excluding carboxylic acids is 1. The van der Waals surface area contributed by atoms with Crippen LogP contribution in [-0.2, 0) is 0 Å². The molecule has 0 spiro atoms. The van der Waals surface area contributed by atoms with Crippen LogP contribution in [0.15, 0.2) is 36.5 Å². The number of benzene rings is 1. The number of halogens is 2. The van der Waals surface area contributed by atoms with E-state index in [0.717, 1.165) is 24.7 Å². The summed E-state index contributed by atoms with van der Waals surface area (Å²) in [5.41, 5.74) is 1.59. The Balaban J connectivity index is 1.64. The third-order valence-electron chi connectivity index (χ3n) is 3.95. The molecule has 24 heavy (non-hydrogen) atoms. The van der Waals surface area contributed by atoms with Crippen molar-refractivity contribution in [3.05, 3.63) is 58.6 Å². The van der Waals surface area contributed by atoms with Crippen molar-refractivity contribution >= 4 is 23.2 Å². The summed E-state index contributed by atoms with van der Waals surface area (Å²) < 4.78 is 13.1. The number of carbonyl (C=O) groups is 1. The lowest BCUT2D eigenvalue weighted by Crippen LogP contribution is -2.37. The smallest absolute Gasteiger partial charge is 0.251 e. The standard InChI is InChI=1S/C17H14ClFN4O/c18-15-8-14(2-1-12(15)9-20)23-6-4-13(10-23)22-17(24)11-3-5-21-16(19)7-11/h1-3,5,7-8,13H,4,6,10H2,(H,22,24)/t13-/m1/s1. The van der Waals surface area contributed by atoms with Gasteiger partial charge in [-0.2, -0.15) is 9.65 Å². The Morgan fingerprint density at radius 3 is 2.96 bits per heavy atom. The van der Waals surface area contributed by atoms with Crippen LogP contribution in [0.25, 0.3) is 0 Å². The second kappa shape index (κ2) is 6.85. The van der Waals surface area contributed by atoms with Crippen molar-refractivity contribution in [2.45, 2.75) is 12.5 Å². The van der Waals surface area contributed by atoms with E-state index in [0.29, 0.717) is 17.1 Å². The number of nitrogens with zero attached hydrogens (tertiary/aromatic N) is 3. The van der Waals surface area contributed by atoms with Gasteiger partial charge in [0.2, 0.25) is 5.95 Å². The van der Waals surface area contributed by atoms with Gasteiger partial charge >= 0.3 is 0 Å². The number of aromatic nitrogens is 1. The predicted octanol–water partition coefficient (Wildman–Crippen LogP) is 2.75. The molecular weight excluding hydrogens is 331 g/mol. The van der Waals surface area contributed by atoms with Gasteiger partial charge in [0, 0.05) is 42.6 Å². The fourth-order valence-electron chi connectivity index (χ4n) is 2.72. The molecule has 1 saturated heterocycles. The Morgan fingerprint density at radius 2 is 2.25 bits per heavy atom. The quantitative estimate of drug-likeness (QED) is 0.869. The fraction of sp³-hybridized carbons (Fsp3) is 0.235. The van der Waals surface area contributed by atoms with Crippen LogP contribution < -0.4 is 10.2 Å². The lowest BCUT2D eigenvalue weighted by Gasteiger charge is -2.19. The van der Waals surface area contributed by atoms with E-state index in [4.69, 9.17) is 16.9 Å². The zero-order chi connectivity index (χ0) is 17.1. The molecule has 1 atom stereocenters. The minimum Gasteiger partial charge on any atom is -0.369 e. The van der Waals surface area contributed by atoms with Crippen molar-refractivity contribution in [2.75, 3.05) is 18.0 Å². The molecule has 3 rings (SSSR count). The van der Waals surface area contributed by atoms with Gasteiger partial charge in [0.25, 0.3) is 5.91 Å². The molecule has 0 bridgehead atoms. The highest BCUT2D eigenvalue weighted by Crippen LogP contribution is 2.26. The Hall–Kier alpha value is -2.65. The Labute approximate surface area is 143 Å². The van der Waals surface area contributed by atoms with Gasteiger partial charge in [-0.05, 0) is 30.7 Å². The minimum atomic E-state index is -0.678. The van der Waals surface area contributed by atoms with E-state index in [1.54, 1.807) is 12.1 Å². The van der Waals surface area contributed by atoms with Gasteiger partial charge in [-0.3, -0.25) is 4.79 Å². The van der Waals surface area contributed by atoms with E-state index < -0.39 is 5.95 Å². The third-order valence-corrected chi connectivity index (χ3v) is 4.26. The summed E-state index contributed by atoms with van der Waals surface area (Å²) in [6.07, 6.45) is 2.04. The van der Waals surface area contributed by atoms with E-state index >= 15 is 0 Å². The van der Waals surface area contributed by atoms with Crippen LogP contribution in [0.4, 0.5) is 10.1 Å². The fourth-order valence-corrected chi connectivity index (χ4v) is 2.93. The molecule has 1 amide bonds. The summed E-state index contributed by atoms with van der Waals surface area (Å²) in [6, 6.07) is 9.86. The Kier molecular flexibility index (Phi) is 4.63. The highest BCUT2D eigenvalue weighted by molar-refractivity contribution is 6.32. The molecule has 122 valence electrons. The molecule has 2 heterocycles. The van der Waals surface area contributed by atoms with Crippen LogP contribution in [0.5, 0.6) is 0 Å². The van der Waals surface area contributed by atoms with Gasteiger partial charge < -0.3 is 10.2 Å². The highest BCUT2D eigenvalue weighted by atomic mass is 35.5. The maximum absolute atomic E-state index is 13.1. The lowest BCUT2D eigenvalue weighted by molar-refractivity contribution is 0.0939. The number of nitriles is 1. The van der Waals surface area contributed by atoms with Gasteiger partial charge in [-0.25, -0.2) is 4.98 Å².